The molecule has 0 aliphatic carbocycles. The minimum atomic E-state index is -1.74. The van der Waals surface area contributed by atoms with Crippen LogP contribution in [0.4, 0.5) is 0 Å². The molecule has 0 aromatic heterocycles. The average molecular weight is 222 g/mol. The van der Waals surface area contributed by atoms with E-state index in [1.54, 1.807) is 24.3 Å². The highest BCUT2D eigenvalue weighted by atomic mass is 35.5. The van der Waals surface area contributed by atoms with Gasteiger partial charge in [-0.05, 0) is 16.8 Å². The molecule has 0 bridgehead atoms. The largest absolute Gasteiger partial charge is 0.507 e. The number of hydrogen-bond acceptors (Lipinski definition) is 3. The molecule has 0 fully saturated rings. The zero-order valence-corrected chi connectivity index (χ0v) is 8.44. The number of phenols is 1. The summed E-state index contributed by atoms with van der Waals surface area (Å²) in [7, 11) is -1.74. The Morgan fingerprint density at radius 1 is 1.13 bits per heavy atom. The number of halogens is 1. The minimum Gasteiger partial charge on any atom is -0.507 e. The minimum absolute atomic E-state index is 0.0399. The predicted molar refractivity (Wildman–Crippen MR) is 60.4 cm³/mol. The van der Waals surface area contributed by atoms with E-state index in [0.29, 0.717) is 5.39 Å². The Labute approximate surface area is 91.7 Å². The Bertz CT molecular complexity index is 513. The third-order valence-electron chi connectivity index (χ3n) is 2.27. The summed E-state index contributed by atoms with van der Waals surface area (Å²) in [6.07, 6.45) is 0. The van der Waals surface area contributed by atoms with Crippen molar-refractivity contribution in [3.63, 3.8) is 0 Å². The number of benzene rings is 2. The molecule has 0 radical (unpaired) electrons. The molecule has 15 heavy (non-hydrogen) atoms. The van der Waals surface area contributed by atoms with E-state index >= 15 is 0 Å². The van der Waals surface area contributed by atoms with Gasteiger partial charge < -0.3 is 15.2 Å². The van der Waals surface area contributed by atoms with E-state index in [0.717, 1.165) is 5.39 Å². The molecular weight excluding hydrogens is 214 g/mol. The number of hydrogen-bond donors (Lipinski definition) is 3. The number of rotatable bonds is 1. The highest BCUT2D eigenvalue weighted by molar-refractivity contribution is 6.63. The van der Waals surface area contributed by atoms with Gasteiger partial charge in [-0.3, -0.25) is 0 Å². The van der Waals surface area contributed by atoms with Crippen LogP contribution in [0.15, 0.2) is 30.3 Å². The molecule has 0 unspecified atom stereocenters. The molecule has 0 aliphatic heterocycles. The van der Waals surface area contributed by atoms with E-state index in [2.05, 4.69) is 0 Å². The predicted octanol–water partition coefficient (Wildman–Crippen LogP) is 0.879. The van der Waals surface area contributed by atoms with Crippen molar-refractivity contribution in [3.8, 4) is 5.75 Å². The molecule has 0 atom stereocenters. The van der Waals surface area contributed by atoms with Crippen LogP contribution >= 0.6 is 11.6 Å². The van der Waals surface area contributed by atoms with Crippen molar-refractivity contribution in [1.82, 2.24) is 0 Å². The summed E-state index contributed by atoms with van der Waals surface area (Å²) >= 11 is 5.76. The SMILES string of the molecule is OB(O)c1c(O)c(Cl)cc2ccccc12. The summed E-state index contributed by atoms with van der Waals surface area (Å²) < 4.78 is 0. The van der Waals surface area contributed by atoms with Crippen LogP contribution in [-0.2, 0) is 0 Å². The molecule has 2 aromatic carbocycles. The van der Waals surface area contributed by atoms with E-state index in [1.165, 1.54) is 0 Å². The Hall–Kier alpha value is -1.23. The molecule has 0 saturated carbocycles. The van der Waals surface area contributed by atoms with E-state index in [-0.39, 0.29) is 16.2 Å². The highest BCUT2D eigenvalue weighted by Gasteiger charge is 2.21. The van der Waals surface area contributed by atoms with Gasteiger partial charge in [-0.25, -0.2) is 0 Å². The lowest BCUT2D eigenvalue weighted by molar-refractivity contribution is 0.420. The first-order valence-corrected chi connectivity index (χ1v) is 4.75. The zero-order valence-electron chi connectivity index (χ0n) is 7.68. The molecule has 3 nitrogen and oxygen atoms in total. The molecule has 0 saturated heterocycles. The maximum Gasteiger partial charge on any atom is 0.492 e. The molecule has 0 heterocycles. The molecule has 0 aliphatic rings. The third-order valence-corrected chi connectivity index (χ3v) is 2.56. The van der Waals surface area contributed by atoms with Gasteiger partial charge in [-0.2, -0.15) is 0 Å². The second-order valence-electron chi connectivity index (χ2n) is 3.22. The van der Waals surface area contributed by atoms with Gasteiger partial charge in [0.15, 0.2) is 0 Å². The van der Waals surface area contributed by atoms with Crippen LogP contribution in [0, 0.1) is 0 Å². The second-order valence-corrected chi connectivity index (χ2v) is 3.62. The maximum atomic E-state index is 9.61. The lowest BCUT2D eigenvalue weighted by Crippen LogP contribution is -2.31. The first-order chi connectivity index (χ1) is 7.11. The van der Waals surface area contributed by atoms with E-state index < -0.39 is 7.12 Å². The third kappa shape index (κ3) is 1.67. The summed E-state index contributed by atoms with van der Waals surface area (Å²) in [6, 6.07) is 8.62. The Kier molecular flexibility index (Phi) is 2.56. The number of fused-ring (bicyclic) bond motifs is 1. The number of phenolic OH excluding ortho intramolecular Hbond substituents is 1. The molecule has 2 aromatic rings. The van der Waals surface area contributed by atoms with Crippen molar-refractivity contribution >= 4 is 35.0 Å². The monoisotopic (exact) mass is 222 g/mol. The molecular formula is C10H8BClO3. The Morgan fingerprint density at radius 3 is 2.47 bits per heavy atom. The molecule has 0 amide bonds. The zero-order chi connectivity index (χ0) is 11.0. The maximum absolute atomic E-state index is 9.61. The van der Waals surface area contributed by atoms with Gasteiger partial charge in [0.05, 0.1) is 5.02 Å². The van der Waals surface area contributed by atoms with Crippen LogP contribution in [0.5, 0.6) is 5.75 Å². The van der Waals surface area contributed by atoms with Crippen LogP contribution in [0.25, 0.3) is 10.8 Å². The topological polar surface area (TPSA) is 60.7 Å². The first kappa shape index (κ1) is 10.3. The number of aromatic hydroxyl groups is 1. The Balaban J connectivity index is 2.89. The van der Waals surface area contributed by atoms with Crippen molar-refractivity contribution in [2.45, 2.75) is 0 Å². The summed E-state index contributed by atoms with van der Waals surface area (Å²) in [5.74, 6) is -0.287. The summed E-state index contributed by atoms with van der Waals surface area (Å²) in [4.78, 5) is 0. The van der Waals surface area contributed by atoms with Crippen LogP contribution < -0.4 is 5.46 Å². The second kappa shape index (κ2) is 3.74. The van der Waals surface area contributed by atoms with E-state index in [4.69, 9.17) is 21.6 Å². The molecule has 2 rings (SSSR count). The van der Waals surface area contributed by atoms with Crippen molar-refractivity contribution < 1.29 is 15.2 Å². The van der Waals surface area contributed by atoms with E-state index in [9.17, 15) is 5.11 Å². The normalized spacial score (nSPS) is 10.6. The summed E-state index contributed by atoms with van der Waals surface area (Å²) in [5.41, 5.74) is 0.0399. The molecule has 76 valence electrons. The molecule has 5 heteroatoms. The van der Waals surface area contributed by atoms with Crippen molar-refractivity contribution in [2.24, 2.45) is 0 Å². The molecule has 0 spiro atoms. The average Bonchev–Trinajstić information content (AvgIpc) is 2.19. The summed E-state index contributed by atoms with van der Waals surface area (Å²) in [5, 5.41) is 29.4. The fraction of sp³-hybridized carbons (Fsp3) is 0. The standard InChI is InChI=1S/C10H8BClO3/c12-8-5-6-3-1-2-4-7(6)9(10(8)13)11(14)15/h1-5,13-15H. The quantitative estimate of drug-likeness (QED) is 0.628. The van der Waals surface area contributed by atoms with Gasteiger partial charge in [0.1, 0.15) is 5.75 Å². The fourth-order valence-electron chi connectivity index (χ4n) is 1.59. The van der Waals surface area contributed by atoms with Gasteiger partial charge in [-0.1, -0.05) is 35.9 Å². The van der Waals surface area contributed by atoms with Crippen LogP contribution in [0.1, 0.15) is 0 Å². The fourth-order valence-corrected chi connectivity index (χ4v) is 1.81. The smallest absolute Gasteiger partial charge is 0.492 e. The first-order valence-electron chi connectivity index (χ1n) is 4.37. The van der Waals surface area contributed by atoms with Gasteiger partial charge in [0, 0.05) is 5.46 Å². The van der Waals surface area contributed by atoms with E-state index in [1.807, 2.05) is 6.07 Å². The van der Waals surface area contributed by atoms with Gasteiger partial charge in [0.2, 0.25) is 0 Å². The van der Waals surface area contributed by atoms with Crippen LogP contribution in [-0.4, -0.2) is 22.3 Å². The van der Waals surface area contributed by atoms with Crippen molar-refractivity contribution in [2.75, 3.05) is 0 Å². The van der Waals surface area contributed by atoms with Gasteiger partial charge >= 0.3 is 7.12 Å². The van der Waals surface area contributed by atoms with Gasteiger partial charge in [0.25, 0.3) is 0 Å². The van der Waals surface area contributed by atoms with Crippen LogP contribution in [0.3, 0.4) is 0 Å². The van der Waals surface area contributed by atoms with Crippen molar-refractivity contribution in [3.05, 3.63) is 35.4 Å². The van der Waals surface area contributed by atoms with Crippen LogP contribution in [0.2, 0.25) is 5.02 Å². The Morgan fingerprint density at radius 2 is 1.80 bits per heavy atom. The highest BCUT2D eigenvalue weighted by Crippen LogP contribution is 2.27. The molecule has 3 N–H and O–H groups in total. The van der Waals surface area contributed by atoms with Crippen molar-refractivity contribution in [1.29, 1.82) is 0 Å². The summed E-state index contributed by atoms with van der Waals surface area (Å²) in [6.45, 7) is 0. The lowest BCUT2D eigenvalue weighted by atomic mass is 9.76. The lowest BCUT2D eigenvalue weighted by Gasteiger charge is -2.09. The van der Waals surface area contributed by atoms with Gasteiger partial charge in [-0.15, -0.1) is 0 Å².